The van der Waals surface area contributed by atoms with Crippen molar-refractivity contribution in [3.05, 3.63) is 34.9 Å². The van der Waals surface area contributed by atoms with Crippen molar-refractivity contribution in [1.29, 1.82) is 0 Å². The highest BCUT2D eigenvalue weighted by Crippen LogP contribution is 2.25. The van der Waals surface area contributed by atoms with Crippen LogP contribution in [0.4, 0.5) is 0 Å². The Morgan fingerprint density at radius 2 is 2.12 bits per heavy atom. The first-order valence-corrected chi connectivity index (χ1v) is 10.6. The monoisotopic (exact) mass is 382 g/mol. The molecule has 1 fully saturated rings. The number of sulfonamides is 1. The number of hydrogen-bond acceptors (Lipinski definition) is 4. The molecule has 1 saturated heterocycles. The molecule has 0 amide bonds. The molecule has 1 aromatic carbocycles. The second kappa shape index (κ2) is 9.34. The molecule has 0 radical (unpaired) electrons. The fourth-order valence-electron chi connectivity index (χ4n) is 3.03. The van der Waals surface area contributed by atoms with E-state index in [9.17, 15) is 8.42 Å². The zero-order chi connectivity index (χ0) is 19.2. The Morgan fingerprint density at radius 3 is 2.77 bits per heavy atom. The van der Waals surface area contributed by atoms with E-state index in [1.807, 2.05) is 0 Å². The average molecular weight is 383 g/mol. The van der Waals surface area contributed by atoms with E-state index in [1.165, 1.54) is 16.7 Å². The number of morpholine rings is 1. The average Bonchev–Trinajstić information content (AvgIpc) is 2.62. The van der Waals surface area contributed by atoms with Gasteiger partial charge in [0.2, 0.25) is 10.0 Å². The normalized spacial score (nSPS) is 18.8. The number of nitrogens with zero attached hydrogens (tertiary/aromatic N) is 2. The van der Waals surface area contributed by atoms with E-state index in [0.717, 1.165) is 12.5 Å². The van der Waals surface area contributed by atoms with E-state index >= 15 is 0 Å². The first kappa shape index (κ1) is 20.7. The van der Waals surface area contributed by atoms with Gasteiger partial charge in [-0.1, -0.05) is 23.8 Å². The van der Waals surface area contributed by atoms with Crippen LogP contribution in [0.2, 0.25) is 0 Å². The fourth-order valence-corrected chi connectivity index (χ4v) is 3.65. The number of aryl methyl sites for hydroxylation is 2. The van der Waals surface area contributed by atoms with Gasteiger partial charge in [0.15, 0.2) is 5.96 Å². The molecule has 1 atom stereocenters. The third-order valence-corrected chi connectivity index (χ3v) is 5.86. The minimum Gasteiger partial charge on any atom is -0.370 e. The van der Waals surface area contributed by atoms with Crippen molar-refractivity contribution in [1.82, 2.24) is 14.9 Å². The lowest BCUT2D eigenvalue weighted by Gasteiger charge is -2.35. The summed E-state index contributed by atoms with van der Waals surface area (Å²) in [5.74, 6) is 0.849. The van der Waals surface area contributed by atoms with Gasteiger partial charge in [-0.25, -0.2) is 13.1 Å². The number of benzene rings is 1. The Morgan fingerprint density at radius 1 is 1.35 bits per heavy atom. The van der Waals surface area contributed by atoms with Crippen molar-refractivity contribution in [3.63, 3.8) is 0 Å². The smallest absolute Gasteiger partial charge is 0.211 e. The SMILES string of the molecule is CCS(=O)(=O)NCCNC(=NC)N1CCOC(c2ccc(C)cc2C)C1. The highest BCUT2D eigenvalue weighted by Gasteiger charge is 2.25. The lowest BCUT2D eigenvalue weighted by atomic mass is 10.00. The molecule has 1 aliphatic heterocycles. The summed E-state index contributed by atoms with van der Waals surface area (Å²) in [6.07, 6.45) is 0.00138. The highest BCUT2D eigenvalue weighted by atomic mass is 32.2. The van der Waals surface area contributed by atoms with Crippen LogP contribution in [0.15, 0.2) is 23.2 Å². The molecule has 0 aromatic heterocycles. The van der Waals surface area contributed by atoms with Crippen molar-refractivity contribution in [3.8, 4) is 0 Å². The van der Waals surface area contributed by atoms with E-state index in [4.69, 9.17) is 4.74 Å². The molecule has 26 heavy (non-hydrogen) atoms. The van der Waals surface area contributed by atoms with Gasteiger partial charge in [-0.2, -0.15) is 0 Å². The summed E-state index contributed by atoms with van der Waals surface area (Å²) in [7, 11) is -1.43. The predicted octanol–water partition coefficient (Wildman–Crippen LogP) is 1.19. The predicted molar refractivity (Wildman–Crippen MR) is 105 cm³/mol. The zero-order valence-corrected chi connectivity index (χ0v) is 16.9. The third kappa shape index (κ3) is 5.69. The standard InChI is InChI=1S/C18H30N4O3S/c1-5-26(23,24)21-9-8-20-18(19-4)22-10-11-25-17(13-22)16-7-6-14(2)12-15(16)3/h6-7,12,17,21H,5,8-11,13H2,1-4H3,(H,19,20). The van der Waals surface area contributed by atoms with E-state index in [-0.39, 0.29) is 11.9 Å². The summed E-state index contributed by atoms with van der Waals surface area (Å²) in [5.41, 5.74) is 3.67. The van der Waals surface area contributed by atoms with Crippen LogP contribution in [0.3, 0.4) is 0 Å². The molecule has 1 aliphatic rings. The summed E-state index contributed by atoms with van der Waals surface area (Å²) in [6.45, 7) is 8.72. The van der Waals surface area contributed by atoms with Gasteiger partial charge in [0.05, 0.1) is 18.9 Å². The van der Waals surface area contributed by atoms with Crippen LogP contribution in [0.25, 0.3) is 0 Å². The van der Waals surface area contributed by atoms with Crippen molar-refractivity contribution < 1.29 is 13.2 Å². The lowest BCUT2D eigenvalue weighted by Crippen LogP contribution is -2.49. The van der Waals surface area contributed by atoms with E-state index in [0.29, 0.717) is 26.2 Å². The summed E-state index contributed by atoms with van der Waals surface area (Å²) in [5, 5.41) is 3.22. The molecule has 7 nitrogen and oxygen atoms in total. The van der Waals surface area contributed by atoms with Crippen LogP contribution in [0, 0.1) is 13.8 Å². The number of ether oxygens (including phenoxy) is 1. The third-order valence-electron chi connectivity index (χ3n) is 4.46. The van der Waals surface area contributed by atoms with Crippen LogP contribution in [-0.2, 0) is 14.8 Å². The van der Waals surface area contributed by atoms with Crippen molar-refractivity contribution in [2.75, 3.05) is 45.6 Å². The Balaban J connectivity index is 1.94. The number of rotatable bonds is 6. The summed E-state index contributed by atoms with van der Waals surface area (Å²) < 4.78 is 31.5. The molecule has 1 aromatic rings. The van der Waals surface area contributed by atoms with Gasteiger partial charge < -0.3 is 15.0 Å². The van der Waals surface area contributed by atoms with Gasteiger partial charge >= 0.3 is 0 Å². The Kier molecular flexibility index (Phi) is 7.43. The molecule has 0 spiro atoms. The molecule has 1 heterocycles. The van der Waals surface area contributed by atoms with E-state index < -0.39 is 10.0 Å². The Labute approximate surface area is 156 Å². The molecule has 146 valence electrons. The summed E-state index contributed by atoms with van der Waals surface area (Å²) in [6, 6.07) is 6.41. The molecular weight excluding hydrogens is 352 g/mol. The van der Waals surface area contributed by atoms with Crippen molar-refractivity contribution in [2.45, 2.75) is 26.9 Å². The van der Waals surface area contributed by atoms with Crippen LogP contribution in [0.5, 0.6) is 0 Å². The van der Waals surface area contributed by atoms with Gasteiger partial charge in [0, 0.05) is 26.7 Å². The molecule has 0 bridgehead atoms. The van der Waals surface area contributed by atoms with Crippen LogP contribution < -0.4 is 10.0 Å². The number of aliphatic imine (C=N–C) groups is 1. The minimum absolute atomic E-state index is 0.00138. The van der Waals surface area contributed by atoms with Crippen LogP contribution in [0.1, 0.15) is 29.7 Å². The zero-order valence-electron chi connectivity index (χ0n) is 16.1. The maximum atomic E-state index is 11.5. The molecule has 0 aliphatic carbocycles. The number of nitrogens with one attached hydrogen (secondary N) is 2. The van der Waals surface area contributed by atoms with Crippen LogP contribution >= 0.6 is 0 Å². The summed E-state index contributed by atoms with van der Waals surface area (Å²) in [4.78, 5) is 6.48. The fraction of sp³-hybridized carbons (Fsp3) is 0.611. The van der Waals surface area contributed by atoms with Gasteiger partial charge in [-0.15, -0.1) is 0 Å². The molecule has 0 saturated carbocycles. The largest absolute Gasteiger partial charge is 0.370 e. The van der Waals surface area contributed by atoms with Gasteiger partial charge in [-0.3, -0.25) is 4.99 Å². The topological polar surface area (TPSA) is 83.0 Å². The maximum absolute atomic E-state index is 11.5. The first-order valence-electron chi connectivity index (χ1n) is 8.98. The highest BCUT2D eigenvalue weighted by molar-refractivity contribution is 7.89. The van der Waals surface area contributed by atoms with Crippen molar-refractivity contribution >= 4 is 16.0 Å². The van der Waals surface area contributed by atoms with Crippen LogP contribution in [-0.4, -0.2) is 64.9 Å². The van der Waals surface area contributed by atoms with Gasteiger partial charge in [0.1, 0.15) is 6.10 Å². The molecular formula is C18H30N4O3S. The number of hydrogen-bond donors (Lipinski definition) is 2. The Hall–Kier alpha value is -1.64. The number of guanidine groups is 1. The molecule has 8 heteroatoms. The first-order chi connectivity index (χ1) is 12.4. The second-order valence-electron chi connectivity index (χ2n) is 6.44. The van der Waals surface area contributed by atoms with E-state index in [2.05, 4.69) is 52.0 Å². The molecule has 2 rings (SSSR count). The quantitative estimate of drug-likeness (QED) is 0.439. The maximum Gasteiger partial charge on any atom is 0.211 e. The van der Waals surface area contributed by atoms with Crippen molar-refractivity contribution in [2.24, 2.45) is 4.99 Å². The second-order valence-corrected chi connectivity index (χ2v) is 8.53. The Bertz CT molecular complexity index is 734. The molecule has 2 N–H and O–H groups in total. The molecule has 1 unspecified atom stereocenters. The van der Waals surface area contributed by atoms with E-state index in [1.54, 1.807) is 14.0 Å². The minimum atomic E-state index is -3.17. The lowest BCUT2D eigenvalue weighted by molar-refractivity contribution is -0.00829. The van der Waals surface area contributed by atoms with Gasteiger partial charge in [-0.05, 0) is 31.9 Å². The summed E-state index contributed by atoms with van der Waals surface area (Å²) >= 11 is 0. The van der Waals surface area contributed by atoms with Gasteiger partial charge in [0.25, 0.3) is 0 Å².